The molecule has 0 bridgehead atoms. The van der Waals surface area contributed by atoms with Crippen molar-refractivity contribution >= 4 is 11.3 Å². The Hall–Kier alpha value is -1.86. The molecule has 16 heavy (non-hydrogen) atoms. The Morgan fingerprint density at radius 1 is 1.38 bits per heavy atom. The van der Waals surface area contributed by atoms with Crippen molar-refractivity contribution in [1.82, 2.24) is 4.98 Å². The molecule has 1 heterocycles. The van der Waals surface area contributed by atoms with E-state index in [4.69, 9.17) is 10.00 Å². The van der Waals surface area contributed by atoms with Crippen molar-refractivity contribution in [3.05, 3.63) is 45.9 Å². The van der Waals surface area contributed by atoms with E-state index in [2.05, 4.69) is 11.1 Å². The van der Waals surface area contributed by atoms with E-state index in [9.17, 15) is 0 Å². The Balaban J connectivity index is 1.97. The second-order valence-corrected chi connectivity index (χ2v) is 4.45. The fraction of sp³-hybridized carbons (Fsp3) is 0.167. The summed E-state index contributed by atoms with van der Waals surface area (Å²) >= 11 is 1.36. The highest BCUT2D eigenvalue weighted by Gasteiger charge is 2.01. The maximum Gasteiger partial charge on any atom is 0.140 e. The predicted molar refractivity (Wildman–Crippen MR) is 62.3 cm³/mol. The Labute approximate surface area is 97.9 Å². The summed E-state index contributed by atoms with van der Waals surface area (Å²) in [5, 5.41) is 9.46. The number of thiazole rings is 1. The van der Waals surface area contributed by atoms with E-state index < -0.39 is 0 Å². The van der Waals surface area contributed by atoms with Crippen LogP contribution in [0.2, 0.25) is 0 Å². The largest absolute Gasteiger partial charge is 0.486 e. The van der Waals surface area contributed by atoms with Crippen molar-refractivity contribution in [2.75, 3.05) is 0 Å². The van der Waals surface area contributed by atoms with Crippen molar-refractivity contribution in [2.45, 2.75) is 13.5 Å². The Bertz CT molecular complexity index is 511. The highest BCUT2D eigenvalue weighted by atomic mass is 32.1. The molecule has 0 spiro atoms. The predicted octanol–water partition coefficient (Wildman–Crippen LogP) is 2.90. The molecule has 0 saturated heterocycles. The zero-order valence-corrected chi connectivity index (χ0v) is 9.62. The smallest absolute Gasteiger partial charge is 0.140 e. The van der Waals surface area contributed by atoms with Crippen LogP contribution in [0.1, 0.15) is 15.4 Å². The molecule has 2 aromatic rings. The van der Waals surface area contributed by atoms with Gasteiger partial charge in [-0.1, -0.05) is 17.7 Å². The number of aromatic nitrogens is 1. The Morgan fingerprint density at radius 3 is 2.75 bits per heavy atom. The Kier molecular flexibility index (Phi) is 3.18. The SMILES string of the molecule is Cc1ccc(OCc2ncc(C#N)s2)cc1. The molecule has 0 saturated carbocycles. The first kappa shape index (κ1) is 10.7. The molecule has 0 unspecified atom stereocenters. The van der Waals surface area contributed by atoms with Crippen molar-refractivity contribution in [3.8, 4) is 11.8 Å². The van der Waals surface area contributed by atoms with Gasteiger partial charge in [0.15, 0.2) is 0 Å². The number of hydrogen-bond acceptors (Lipinski definition) is 4. The van der Waals surface area contributed by atoms with E-state index in [1.54, 1.807) is 6.20 Å². The van der Waals surface area contributed by atoms with Gasteiger partial charge >= 0.3 is 0 Å². The molecule has 0 N–H and O–H groups in total. The van der Waals surface area contributed by atoms with Gasteiger partial charge in [0.1, 0.15) is 28.3 Å². The summed E-state index contributed by atoms with van der Waals surface area (Å²) in [6.45, 7) is 2.44. The number of rotatable bonds is 3. The van der Waals surface area contributed by atoms with Gasteiger partial charge in [-0.25, -0.2) is 4.98 Å². The van der Waals surface area contributed by atoms with Gasteiger partial charge in [0.25, 0.3) is 0 Å². The third kappa shape index (κ3) is 2.59. The summed E-state index contributed by atoms with van der Waals surface area (Å²) in [5.41, 5.74) is 1.20. The summed E-state index contributed by atoms with van der Waals surface area (Å²) < 4.78 is 5.54. The molecule has 2 rings (SSSR count). The molecule has 1 aromatic carbocycles. The van der Waals surface area contributed by atoms with Crippen LogP contribution in [0.4, 0.5) is 0 Å². The lowest BCUT2D eigenvalue weighted by Crippen LogP contribution is -1.93. The molecule has 0 aliphatic carbocycles. The van der Waals surface area contributed by atoms with Gasteiger partial charge in [0.05, 0.1) is 6.20 Å². The zero-order chi connectivity index (χ0) is 11.4. The van der Waals surface area contributed by atoms with Gasteiger partial charge in [-0.15, -0.1) is 11.3 Å². The topological polar surface area (TPSA) is 45.9 Å². The lowest BCUT2D eigenvalue weighted by Gasteiger charge is -2.03. The fourth-order valence-electron chi connectivity index (χ4n) is 1.21. The fourth-order valence-corrected chi connectivity index (χ4v) is 1.84. The molecule has 0 atom stereocenters. The van der Waals surface area contributed by atoms with Crippen LogP contribution >= 0.6 is 11.3 Å². The summed E-state index contributed by atoms with van der Waals surface area (Å²) in [6.07, 6.45) is 1.57. The van der Waals surface area contributed by atoms with E-state index in [-0.39, 0.29) is 0 Å². The van der Waals surface area contributed by atoms with E-state index in [1.807, 2.05) is 31.2 Å². The average Bonchev–Trinajstić information content (AvgIpc) is 2.76. The molecule has 0 amide bonds. The first-order chi connectivity index (χ1) is 7.78. The normalized spacial score (nSPS) is 9.75. The second-order valence-electron chi connectivity index (χ2n) is 3.33. The summed E-state index contributed by atoms with van der Waals surface area (Å²) in [7, 11) is 0. The highest BCUT2D eigenvalue weighted by molar-refractivity contribution is 7.12. The van der Waals surface area contributed by atoms with E-state index in [0.29, 0.717) is 11.5 Å². The summed E-state index contributed by atoms with van der Waals surface area (Å²) in [5.74, 6) is 0.819. The van der Waals surface area contributed by atoms with Crippen LogP contribution in [0, 0.1) is 18.3 Å². The van der Waals surface area contributed by atoms with Crippen molar-refractivity contribution in [1.29, 1.82) is 5.26 Å². The molecule has 3 nitrogen and oxygen atoms in total. The van der Waals surface area contributed by atoms with Gasteiger partial charge in [-0.05, 0) is 19.1 Å². The van der Waals surface area contributed by atoms with E-state index in [0.717, 1.165) is 10.8 Å². The molecule has 0 aliphatic rings. The monoisotopic (exact) mass is 230 g/mol. The lowest BCUT2D eigenvalue weighted by molar-refractivity contribution is 0.305. The van der Waals surface area contributed by atoms with Gasteiger partial charge in [0, 0.05) is 0 Å². The van der Waals surface area contributed by atoms with Gasteiger partial charge in [0.2, 0.25) is 0 Å². The summed E-state index contributed by atoms with van der Waals surface area (Å²) in [6, 6.07) is 9.90. The minimum atomic E-state index is 0.412. The number of nitriles is 1. The quantitative estimate of drug-likeness (QED) is 0.814. The molecule has 0 aliphatic heterocycles. The van der Waals surface area contributed by atoms with Crippen LogP contribution in [0.5, 0.6) is 5.75 Å². The van der Waals surface area contributed by atoms with Gasteiger partial charge < -0.3 is 4.74 Å². The Morgan fingerprint density at radius 2 is 2.12 bits per heavy atom. The first-order valence-electron chi connectivity index (χ1n) is 4.82. The van der Waals surface area contributed by atoms with Crippen LogP contribution < -0.4 is 4.74 Å². The third-order valence-corrected chi connectivity index (χ3v) is 2.92. The third-order valence-electron chi connectivity index (χ3n) is 2.05. The van der Waals surface area contributed by atoms with Crippen molar-refractivity contribution in [2.24, 2.45) is 0 Å². The van der Waals surface area contributed by atoms with E-state index >= 15 is 0 Å². The van der Waals surface area contributed by atoms with Crippen LogP contribution in [-0.2, 0) is 6.61 Å². The second kappa shape index (κ2) is 4.77. The van der Waals surface area contributed by atoms with Crippen molar-refractivity contribution in [3.63, 3.8) is 0 Å². The minimum absolute atomic E-state index is 0.412. The highest BCUT2D eigenvalue weighted by Crippen LogP contribution is 2.16. The van der Waals surface area contributed by atoms with Gasteiger partial charge in [-0.3, -0.25) is 0 Å². The van der Waals surface area contributed by atoms with Crippen LogP contribution in [0.25, 0.3) is 0 Å². The van der Waals surface area contributed by atoms with Crippen LogP contribution in [-0.4, -0.2) is 4.98 Å². The van der Waals surface area contributed by atoms with Gasteiger partial charge in [-0.2, -0.15) is 5.26 Å². The first-order valence-corrected chi connectivity index (χ1v) is 5.64. The molecule has 0 fully saturated rings. The number of hydrogen-bond donors (Lipinski definition) is 0. The average molecular weight is 230 g/mol. The number of benzene rings is 1. The summed E-state index contributed by atoms with van der Waals surface area (Å²) in [4.78, 5) is 4.70. The van der Waals surface area contributed by atoms with Crippen LogP contribution in [0.15, 0.2) is 30.5 Å². The zero-order valence-electron chi connectivity index (χ0n) is 8.80. The molecule has 80 valence electrons. The number of ether oxygens (including phenoxy) is 1. The standard InChI is InChI=1S/C12H10N2OS/c1-9-2-4-10(5-3-9)15-8-12-14-7-11(6-13)16-12/h2-5,7H,8H2,1H3. The lowest BCUT2D eigenvalue weighted by atomic mass is 10.2. The van der Waals surface area contributed by atoms with E-state index in [1.165, 1.54) is 16.9 Å². The molecule has 4 heteroatoms. The number of aryl methyl sites for hydroxylation is 1. The number of nitrogens with zero attached hydrogens (tertiary/aromatic N) is 2. The maximum absolute atomic E-state index is 8.65. The molecule has 1 aromatic heterocycles. The molecule has 0 radical (unpaired) electrons. The maximum atomic E-state index is 8.65. The molecular weight excluding hydrogens is 220 g/mol. The van der Waals surface area contributed by atoms with Crippen LogP contribution in [0.3, 0.4) is 0 Å². The molecular formula is C12H10N2OS. The minimum Gasteiger partial charge on any atom is -0.486 e. The van der Waals surface area contributed by atoms with Crippen molar-refractivity contribution < 1.29 is 4.74 Å².